The van der Waals surface area contributed by atoms with Crippen LogP contribution in [-0.2, 0) is 9.59 Å². The van der Waals surface area contributed by atoms with Gasteiger partial charge < -0.3 is 0 Å². The Morgan fingerprint density at radius 3 is 3.00 bits per heavy atom. The molecular weight excluding hydrogens is 156 g/mol. The van der Waals surface area contributed by atoms with E-state index in [2.05, 4.69) is 5.43 Å². The molecule has 1 unspecified atom stereocenters. The topological polar surface area (TPSA) is 49.4 Å². The molecule has 1 N–H and O–H groups in total. The molecule has 0 aliphatic carbocycles. The normalized spacial score (nSPS) is 24.9. The molecule has 0 aromatic carbocycles. The summed E-state index contributed by atoms with van der Waals surface area (Å²) in [7, 11) is 0. The smallest absolute Gasteiger partial charge is 0.231 e. The predicted octanol–water partition coefficient (Wildman–Crippen LogP) is -0.141. The van der Waals surface area contributed by atoms with Crippen LogP contribution in [0.15, 0.2) is 0 Å². The second kappa shape index (κ2) is 4.21. The standard InChI is InChI=1S/C8H13N2O2/c1-7(12)9-10-4-2-3-8(5-10)6-11/h8H,2-5H2,1H3,(H,9,12). The van der Waals surface area contributed by atoms with Crippen LogP contribution in [0, 0.1) is 5.92 Å². The van der Waals surface area contributed by atoms with Crippen molar-refractivity contribution in [3.63, 3.8) is 0 Å². The largest absolute Gasteiger partial charge is 0.291 e. The van der Waals surface area contributed by atoms with Crippen LogP contribution in [0.3, 0.4) is 0 Å². The van der Waals surface area contributed by atoms with Gasteiger partial charge in [0.1, 0.15) is 0 Å². The van der Waals surface area contributed by atoms with Crippen molar-refractivity contribution in [2.75, 3.05) is 13.1 Å². The predicted molar refractivity (Wildman–Crippen MR) is 43.8 cm³/mol. The lowest BCUT2D eigenvalue weighted by atomic mass is 10.0. The minimum absolute atomic E-state index is 0.0365. The molecule has 67 valence electrons. The number of hydrogen-bond acceptors (Lipinski definition) is 3. The van der Waals surface area contributed by atoms with Crippen molar-refractivity contribution in [3.8, 4) is 0 Å². The summed E-state index contributed by atoms with van der Waals surface area (Å²) in [6.07, 6.45) is 3.80. The first-order valence-corrected chi connectivity index (χ1v) is 4.12. The van der Waals surface area contributed by atoms with Crippen molar-refractivity contribution in [2.24, 2.45) is 5.92 Å². The number of rotatable bonds is 2. The Labute approximate surface area is 71.9 Å². The Morgan fingerprint density at radius 2 is 2.42 bits per heavy atom. The van der Waals surface area contributed by atoms with Gasteiger partial charge in [0.2, 0.25) is 12.2 Å². The van der Waals surface area contributed by atoms with E-state index >= 15 is 0 Å². The van der Waals surface area contributed by atoms with Crippen molar-refractivity contribution >= 4 is 12.2 Å². The molecule has 0 saturated carbocycles. The SMILES string of the molecule is CC(=O)NN1CCCC([C]=O)C1. The lowest BCUT2D eigenvalue weighted by Gasteiger charge is -2.29. The Morgan fingerprint density at radius 1 is 1.67 bits per heavy atom. The molecule has 1 saturated heterocycles. The van der Waals surface area contributed by atoms with E-state index in [0.717, 1.165) is 19.4 Å². The van der Waals surface area contributed by atoms with Crippen LogP contribution < -0.4 is 5.43 Å². The van der Waals surface area contributed by atoms with E-state index in [1.165, 1.54) is 6.92 Å². The van der Waals surface area contributed by atoms with Crippen LogP contribution in [0.1, 0.15) is 19.8 Å². The molecule has 1 aliphatic rings. The Hall–Kier alpha value is -0.900. The number of carbonyl (C=O) groups excluding carboxylic acids is 2. The third-order valence-corrected chi connectivity index (χ3v) is 1.90. The van der Waals surface area contributed by atoms with Crippen LogP contribution in [0.4, 0.5) is 0 Å². The van der Waals surface area contributed by atoms with Crippen molar-refractivity contribution in [1.29, 1.82) is 0 Å². The van der Waals surface area contributed by atoms with E-state index < -0.39 is 0 Å². The van der Waals surface area contributed by atoms with Gasteiger partial charge in [0.05, 0.1) is 0 Å². The molecule has 12 heavy (non-hydrogen) atoms. The van der Waals surface area contributed by atoms with Crippen molar-refractivity contribution in [3.05, 3.63) is 0 Å². The van der Waals surface area contributed by atoms with Gasteiger partial charge in [0.15, 0.2) is 0 Å². The van der Waals surface area contributed by atoms with Crippen LogP contribution >= 0.6 is 0 Å². The Balaban J connectivity index is 2.35. The summed E-state index contributed by atoms with van der Waals surface area (Å²) < 4.78 is 0. The van der Waals surface area contributed by atoms with E-state index in [-0.39, 0.29) is 11.8 Å². The van der Waals surface area contributed by atoms with Gasteiger partial charge in [-0.15, -0.1) is 0 Å². The summed E-state index contributed by atoms with van der Waals surface area (Å²) in [4.78, 5) is 21.0. The molecule has 4 heteroatoms. The van der Waals surface area contributed by atoms with E-state index in [4.69, 9.17) is 0 Å². The van der Waals surface area contributed by atoms with Crippen molar-refractivity contribution < 1.29 is 9.59 Å². The molecule has 1 amide bonds. The highest BCUT2D eigenvalue weighted by atomic mass is 16.2. The summed E-state index contributed by atoms with van der Waals surface area (Å²) >= 11 is 0. The molecule has 0 bridgehead atoms. The minimum Gasteiger partial charge on any atom is -0.291 e. The number of nitrogens with zero attached hydrogens (tertiary/aromatic N) is 1. The third kappa shape index (κ3) is 2.62. The summed E-state index contributed by atoms with van der Waals surface area (Å²) in [5.41, 5.74) is 2.66. The average molecular weight is 169 g/mol. The summed E-state index contributed by atoms with van der Waals surface area (Å²) in [5, 5.41) is 1.78. The lowest BCUT2D eigenvalue weighted by molar-refractivity contribution is -0.124. The van der Waals surface area contributed by atoms with Crippen LogP contribution in [0.25, 0.3) is 0 Å². The van der Waals surface area contributed by atoms with E-state index in [0.29, 0.717) is 6.54 Å². The number of nitrogens with one attached hydrogen (secondary N) is 1. The number of hydrazine groups is 1. The number of amides is 1. The quantitative estimate of drug-likeness (QED) is 0.626. The zero-order valence-electron chi connectivity index (χ0n) is 7.17. The Bertz CT molecular complexity index is 182. The second-order valence-corrected chi connectivity index (χ2v) is 3.07. The lowest BCUT2D eigenvalue weighted by Crippen LogP contribution is -2.47. The van der Waals surface area contributed by atoms with Gasteiger partial charge in [0.25, 0.3) is 0 Å². The first kappa shape index (κ1) is 9.19. The van der Waals surface area contributed by atoms with Gasteiger partial charge in [0, 0.05) is 25.9 Å². The van der Waals surface area contributed by atoms with E-state index in [1.807, 2.05) is 6.29 Å². The maximum absolute atomic E-state index is 10.7. The minimum atomic E-state index is -0.0819. The molecule has 1 fully saturated rings. The molecular formula is C8H13N2O2. The van der Waals surface area contributed by atoms with Crippen molar-refractivity contribution in [1.82, 2.24) is 10.4 Å². The van der Waals surface area contributed by atoms with E-state index in [9.17, 15) is 9.59 Å². The number of hydrogen-bond donors (Lipinski definition) is 1. The van der Waals surface area contributed by atoms with Crippen LogP contribution in [-0.4, -0.2) is 30.3 Å². The highest BCUT2D eigenvalue weighted by Crippen LogP contribution is 2.11. The van der Waals surface area contributed by atoms with Gasteiger partial charge in [-0.3, -0.25) is 15.0 Å². The first-order chi connectivity index (χ1) is 5.72. The molecule has 0 aromatic rings. The number of piperidine rings is 1. The summed E-state index contributed by atoms with van der Waals surface area (Å²) in [6, 6.07) is 0. The maximum Gasteiger partial charge on any atom is 0.231 e. The van der Waals surface area contributed by atoms with Crippen LogP contribution in [0.2, 0.25) is 0 Å². The third-order valence-electron chi connectivity index (χ3n) is 1.90. The Kier molecular flexibility index (Phi) is 3.22. The fourth-order valence-corrected chi connectivity index (χ4v) is 1.40. The maximum atomic E-state index is 10.7. The van der Waals surface area contributed by atoms with E-state index in [1.54, 1.807) is 5.01 Å². The molecule has 4 nitrogen and oxygen atoms in total. The average Bonchev–Trinajstić information content (AvgIpc) is 2.03. The molecule has 1 aliphatic heterocycles. The fraction of sp³-hybridized carbons (Fsp3) is 0.750. The monoisotopic (exact) mass is 169 g/mol. The van der Waals surface area contributed by atoms with Crippen molar-refractivity contribution in [2.45, 2.75) is 19.8 Å². The van der Waals surface area contributed by atoms with Crippen LogP contribution in [0.5, 0.6) is 0 Å². The summed E-state index contributed by atoms with van der Waals surface area (Å²) in [5.74, 6) is -0.118. The molecule has 1 rings (SSSR count). The van der Waals surface area contributed by atoms with Gasteiger partial charge >= 0.3 is 0 Å². The zero-order chi connectivity index (χ0) is 8.97. The van der Waals surface area contributed by atoms with Gasteiger partial charge in [-0.25, -0.2) is 5.01 Å². The molecule has 1 heterocycles. The highest BCUT2D eigenvalue weighted by Gasteiger charge is 2.19. The van der Waals surface area contributed by atoms with Gasteiger partial charge in [-0.1, -0.05) is 0 Å². The fourth-order valence-electron chi connectivity index (χ4n) is 1.40. The first-order valence-electron chi connectivity index (χ1n) is 4.12. The van der Waals surface area contributed by atoms with Gasteiger partial charge in [-0.05, 0) is 12.8 Å². The summed E-state index contributed by atoms with van der Waals surface area (Å²) in [6.45, 7) is 2.90. The van der Waals surface area contributed by atoms with Gasteiger partial charge in [-0.2, -0.15) is 0 Å². The second-order valence-electron chi connectivity index (χ2n) is 3.07. The highest BCUT2D eigenvalue weighted by molar-refractivity contribution is 5.72. The zero-order valence-corrected chi connectivity index (χ0v) is 7.17. The molecule has 1 radical (unpaired) electrons. The molecule has 0 spiro atoms. The number of carbonyl (C=O) groups is 1. The molecule has 1 atom stereocenters. The molecule has 0 aromatic heterocycles.